The van der Waals surface area contributed by atoms with Gasteiger partial charge in [-0.15, -0.1) is 0 Å². The smallest absolute Gasteiger partial charge is 0.0221 e. The van der Waals surface area contributed by atoms with E-state index < -0.39 is 0 Å². The number of rotatable bonds is 6. The number of hydrogen-bond acceptors (Lipinski definition) is 2. The first-order valence-corrected chi connectivity index (χ1v) is 9.17. The summed E-state index contributed by atoms with van der Waals surface area (Å²) < 4.78 is 0. The minimum absolute atomic E-state index is 0.639. The van der Waals surface area contributed by atoms with Crippen LogP contribution in [0.2, 0.25) is 0 Å². The average Bonchev–Trinajstić information content (AvgIpc) is 2.54. The standard InChI is InChI=1S/C18H36N2/c1-3-18(4-2)10-12-20(13-11-18)17(15-19)14-16-8-6-5-7-9-16/h16-17H,3-15,19H2,1-2H3. The van der Waals surface area contributed by atoms with Crippen molar-refractivity contribution in [2.45, 2.75) is 84.1 Å². The van der Waals surface area contributed by atoms with Crippen LogP contribution in [0.3, 0.4) is 0 Å². The summed E-state index contributed by atoms with van der Waals surface area (Å²) in [4.78, 5) is 2.72. The maximum atomic E-state index is 6.11. The van der Waals surface area contributed by atoms with E-state index in [0.29, 0.717) is 11.5 Å². The molecule has 118 valence electrons. The van der Waals surface area contributed by atoms with Crippen molar-refractivity contribution in [3.8, 4) is 0 Å². The van der Waals surface area contributed by atoms with Crippen molar-refractivity contribution in [1.82, 2.24) is 4.90 Å². The molecule has 1 atom stereocenters. The molecule has 0 spiro atoms. The summed E-state index contributed by atoms with van der Waals surface area (Å²) in [5.41, 5.74) is 6.75. The lowest BCUT2D eigenvalue weighted by Gasteiger charge is -2.44. The minimum atomic E-state index is 0.639. The van der Waals surface area contributed by atoms with Gasteiger partial charge in [-0.1, -0.05) is 58.8 Å². The van der Waals surface area contributed by atoms with Crippen LogP contribution in [0.15, 0.2) is 0 Å². The fraction of sp³-hybridized carbons (Fsp3) is 1.00. The topological polar surface area (TPSA) is 29.3 Å². The highest BCUT2D eigenvalue weighted by Gasteiger charge is 2.33. The number of nitrogens with two attached hydrogens (primary N) is 1. The molecule has 1 heterocycles. The highest BCUT2D eigenvalue weighted by molar-refractivity contribution is 4.88. The minimum Gasteiger partial charge on any atom is -0.329 e. The summed E-state index contributed by atoms with van der Waals surface area (Å²) in [6.07, 6.45) is 14.1. The Morgan fingerprint density at radius 3 is 2.15 bits per heavy atom. The number of likely N-dealkylation sites (tertiary alicyclic amines) is 1. The number of nitrogens with zero attached hydrogens (tertiary/aromatic N) is 1. The summed E-state index contributed by atoms with van der Waals surface area (Å²) in [5, 5.41) is 0. The SMILES string of the molecule is CCC1(CC)CCN(C(CN)CC2CCCCC2)CC1. The van der Waals surface area contributed by atoms with E-state index in [1.165, 1.54) is 77.3 Å². The molecule has 0 amide bonds. The van der Waals surface area contributed by atoms with Crippen LogP contribution in [0, 0.1) is 11.3 Å². The van der Waals surface area contributed by atoms with Gasteiger partial charge in [-0.3, -0.25) is 4.90 Å². The molecule has 1 aliphatic heterocycles. The molecule has 2 aliphatic rings. The highest BCUT2D eigenvalue weighted by Crippen LogP contribution is 2.39. The van der Waals surface area contributed by atoms with Gasteiger partial charge in [0.1, 0.15) is 0 Å². The lowest BCUT2D eigenvalue weighted by atomic mass is 9.73. The van der Waals surface area contributed by atoms with E-state index in [1.807, 2.05) is 0 Å². The molecule has 1 saturated heterocycles. The van der Waals surface area contributed by atoms with E-state index in [-0.39, 0.29) is 0 Å². The van der Waals surface area contributed by atoms with Gasteiger partial charge < -0.3 is 5.73 Å². The second-order valence-electron chi connectivity index (χ2n) is 7.37. The molecule has 1 unspecified atom stereocenters. The van der Waals surface area contributed by atoms with E-state index in [9.17, 15) is 0 Å². The zero-order valence-electron chi connectivity index (χ0n) is 13.9. The largest absolute Gasteiger partial charge is 0.329 e. The summed E-state index contributed by atoms with van der Waals surface area (Å²) in [5.74, 6) is 0.960. The molecule has 1 saturated carbocycles. The van der Waals surface area contributed by atoms with Crippen LogP contribution in [0.4, 0.5) is 0 Å². The van der Waals surface area contributed by atoms with Gasteiger partial charge in [-0.2, -0.15) is 0 Å². The normalized spacial score (nSPS) is 26.6. The fourth-order valence-corrected chi connectivity index (χ4v) is 4.52. The first-order chi connectivity index (χ1) is 9.73. The predicted octanol–water partition coefficient (Wildman–Crippen LogP) is 4.19. The first-order valence-electron chi connectivity index (χ1n) is 9.17. The molecule has 1 aliphatic carbocycles. The third kappa shape index (κ3) is 3.98. The van der Waals surface area contributed by atoms with E-state index in [2.05, 4.69) is 18.7 Å². The van der Waals surface area contributed by atoms with Gasteiger partial charge >= 0.3 is 0 Å². The third-order valence-corrected chi connectivity index (χ3v) is 6.48. The second kappa shape index (κ2) is 7.79. The molecule has 0 aromatic carbocycles. The van der Waals surface area contributed by atoms with Crippen molar-refractivity contribution in [3.63, 3.8) is 0 Å². The quantitative estimate of drug-likeness (QED) is 0.790. The highest BCUT2D eigenvalue weighted by atomic mass is 15.2. The van der Waals surface area contributed by atoms with Crippen molar-refractivity contribution in [3.05, 3.63) is 0 Å². The van der Waals surface area contributed by atoms with Crippen molar-refractivity contribution < 1.29 is 0 Å². The summed E-state index contributed by atoms with van der Waals surface area (Å²) in [7, 11) is 0. The molecule has 2 nitrogen and oxygen atoms in total. The molecule has 0 aromatic rings. The van der Waals surface area contributed by atoms with E-state index >= 15 is 0 Å². The molecule has 2 heteroatoms. The Morgan fingerprint density at radius 1 is 1.05 bits per heavy atom. The maximum absolute atomic E-state index is 6.11. The summed E-state index contributed by atoms with van der Waals surface area (Å²) in [6.45, 7) is 8.19. The van der Waals surface area contributed by atoms with Gasteiger partial charge in [0.2, 0.25) is 0 Å². The Kier molecular flexibility index (Phi) is 6.35. The van der Waals surface area contributed by atoms with Crippen molar-refractivity contribution in [1.29, 1.82) is 0 Å². The van der Waals surface area contributed by atoms with Crippen molar-refractivity contribution >= 4 is 0 Å². The van der Waals surface area contributed by atoms with Crippen LogP contribution in [0.25, 0.3) is 0 Å². The molecule has 20 heavy (non-hydrogen) atoms. The zero-order chi connectivity index (χ0) is 14.4. The Hall–Kier alpha value is -0.0800. The van der Waals surface area contributed by atoms with Crippen LogP contribution >= 0.6 is 0 Å². The first kappa shape index (κ1) is 16.3. The second-order valence-corrected chi connectivity index (χ2v) is 7.37. The van der Waals surface area contributed by atoms with Crippen molar-refractivity contribution in [2.24, 2.45) is 17.1 Å². The maximum Gasteiger partial charge on any atom is 0.0221 e. The van der Waals surface area contributed by atoms with Gasteiger partial charge in [0.25, 0.3) is 0 Å². The molecule has 0 aromatic heterocycles. The van der Waals surface area contributed by atoms with Crippen LogP contribution in [-0.4, -0.2) is 30.6 Å². The van der Waals surface area contributed by atoms with Gasteiger partial charge in [0, 0.05) is 12.6 Å². The average molecular weight is 280 g/mol. The van der Waals surface area contributed by atoms with Crippen LogP contribution < -0.4 is 5.73 Å². The van der Waals surface area contributed by atoms with E-state index in [0.717, 1.165) is 12.5 Å². The van der Waals surface area contributed by atoms with Crippen LogP contribution in [-0.2, 0) is 0 Å². The van der Waals surface area contributed by atoms with Gasteiger partial charge in [-0.05, 0) is 43.7 Å². The number of piperidine rings is 1. The zero-order valence-corrected chi connectivity index (χ0v) is 13.9. The van der Waals surface area contributed by atoms with Gasteiger partial charge in [0.05, 0.1) is 0 Å². The predicted molar refractivity (Wildman–Crippen MR) is 87.9 cm³/mol. The monoisotopic (exact) mass is 280 g/mol. The lowest BCUT2D eigenvalue weighted by Crippen LogP contribution is -2.48. The van der Waals surface area contributed by atoms with Crippen molar-refractivity contribution in [2.75, 3.05) is 19.6 Å². The van der Waals surface area contributed by atoms with Gasteiger partial charge in [-0.25, -0.2) is 0 Å². The Balaban J connectivity index is 1.83. The fourth-order valence-electron chi connectivity index (χ4n) is 4.52. The molecular weight excluding hydrogens is 244 g/mol. The van der Waals surface area contributed by atoms with Crippen LogP contribution in [0.1, 0.15) is 78.1 Å². The molecular formula is C18H36N2. The molecule has 0 radical (unpaired) electrons. The lowest BCUT2D eigenvalue weighted by molar-refractivity contribution is 0.0576. The Bertz CT molecular complexity index is 257. The van der Waals surface area contributed by atoms with E-state index in [1.54, 1.807) is 0 Å². The summed E-state index contributed by atoms with van der Waals surface area (Å²) >= 11 is 0. The third-order valence-electron chi connectivity index (χ3n) is 6.48. The number of hydrogen-bond donors (Lipinski definition) is 1. The molecule has 0 bridgehead atoms. The van der Waals surface area contributed by atoms with Crippen LogP contribution in [0.5, 0.6) is 0 Å². The van der Waals surface area contributed by atoms with Gasteiger partial charge in [0.15, 0.2) is 0 Å². The molecule has 2 N–H and O–H groups in total. The summed E-state index contributed by atoms with van der Waals surface area (Å²) in [6, 6.07) is 0.657. The Labute approximate surface area is 126 Å². The Morgan fingerprint density at radius 2 is 1.65 bits per heavy atom. The van der Waals surface area contributed by atoms with E-state index in [4.69, 9.17) is 5.73 Å². The molecule has 2 fully saturated rings. The molecule has 2 rings (SSSR count).